The highest BCUT2D eigenvalue weighted by Gasteiger charge is 2.29. The van der Waals surface area contributed by atoms with E-state index in [-0.39, 0.29) is 0 Å². The standard InChI is InChI=1S/C16H15F3O.C2H6/c1-2-12-5-3-4-6-13(12)11-20-15-9-7-14(8-10-15)16(17,18)19;1-2/h3-10H,2,11H2,1H3;1-2H3. The van der Waals surface area contributed by atoms with Crippen LogP contribution in [0.4, 0.5) is 13.2 Å². The van der Waals surface area contributed by atoms with Crippen molar-refractivity contribution in [3.63, 3.8) is 0 Å². The number of aryl methyl sites for hydroxylation is 1. The minimum absolute atomic E-state index is 0.357. The molecule has 0 N–H and O–H groups in total. The van der Waals surface area contributed by atoms with E-state index in [1.54, 1.807) is 0 Å². The van der Waals surface area contributed by atoms with Gasteiger partial charge < -0.3 is 4.74 Å². The van der Waals surface area contributed by atoms with Gasteiger partial charge in [0.25, 0.3) is 0 Å². The maximum absolute atomic E-state index is 12.4. The van der Waals surface area contributed by atoms with Gasteiger partial charge in [-0.1, -0.05) is 45.0 Å². The van der Waals surface area contributed by atoms with E-state index < -0.39 is 11.7 Å². The van der Waals surface area contributed by atoms with Crippen molar-refractivity contribution in [2.24, 2.45) is 0 Å². The van der Waals surface area contributed by atoms with Crippen LogP contribution in [0, 0.1) is 0 Å². The fraction of sp³-hybridized carbons (Fsp3) is 0.333. The number of rotatable bonds is 4. The molecule has 4 heteroatoms. The molecule has 22 heavy (non-hydrogen) atoms. The van der Waals surface area contributed by atoms with Crippen molar-refractivity contribution in [3.05, 3.63) is 65.2 Å². The molecule has 0 aliphatic rings. The van der Waals surface area contributed by atoms with Gasteiger partial charge in [0.2, 0.25) is 0 Å². The summed E-state index contributed by atoms with van der Waals surface area (Å²) in [6.45, 7) is 6.41. The largest absolute Gasteiger partial charge is 0.489 e. The van der Waals surface area contributed by atoms with Gasteiger partial charge >= 0.3 is 6.18 Å². The van der Waals surface area contributed by atoms with Gasteiger partial charge in [0.1, 0.15) is 12.4 Å². The maximum Gasteiger partial charge on any atom is 0.416 e. The third-order valence-corrected chi connectivity index (χ3v) is 3.08. The van der Waals surface area contributed by atoms with Crippen molar-refractivity contribution in [3.8, 4) is 5.75 Å². The van der Waals surface area contributed by atoms with Gasteiger partial charge in [-0.15, -0.1) is 0 Å². The Morgan fingerprint density at radius 1 is 0.864 bits per heavy atom. The summed E-state index contributed by atoms with van der Waals surface area (Å²) in [5, 5.41) is 0. The van der Waals surface area contributed by atoms with Crippen molar-refractivity contribution >= 4 is 0 Å². The summed E-state index contributed by atoms with van der Waals surface area (Å²) in [6.07, 6.45) is -3.42. The Kier molecular flexibility index (Phi) is 6.96. The summed E-state index contributed by atoms with van der Waals surface area (Å²) in [6, 6.07) is 12.6. The first-order chi connectivity index (χ1) is 10.5. The Hall–Kier alpha value is -1.97. The van der Waals surface area contributed by atoms with Crippen molar-refractivity contribution < 1.29 is 17.9 Å². The van der Waals surface area contributed by atoms with Crippen LogP contribution < -0.4 is 4.74 Å². The van der Waals surface area contributed by atoms with Crippen LogP contribution in [0.2, 0.25) is 0 Å². The lowest BCUT2D eigenvalue weighted by molar-refractivity contribution is -0.137. The molecule has 0 heterocycles. The lowest BCUT2D eigenvalue weighted by Gasteiger charge is -2.11. The van der Waals surface area contributed by atoms with E-state index in [1.165, 1.54) is 17.7 Å². The van der Waals surface area contributed by atoms with Crippen molar-refractivity contribution in [2.75, 3.05) is 0 Å². The van der Waals surface area contributed by atoms with Crippen LogP contribution in [0.3, 0.4) is 0 Å². The molecule has 0 fully saturated rings. The molecule has 0 spiro atoms. The van der Waals surface area contributed by atoms with E-state index in [9.17, 15) is 13.2 Å². The maximum atomic E-state index is 12.4. The molecule has 0 atom stereocenters. The second kappa shape index (κ2) is 8.47. The first-order valence-electron chi connectivity index (χ1n) is 7.37. The van der Waals surface area contributed by atoms with Gasteiger partial charge in [0, 0.05) is 0 Å². The zero-order valence-corrected chi connectivity index (χ0v) is 13.1. The lowest BCUT2D eigenvalue weighted by atomic mass is 10.1. The van der Waals surface area contributed by atoms with E-state index in [0.717, 1.165) is 24.1 Å². The molecule has 0 saturated carbocycles. The fourth-order valence-corrected chi connectivity index (χ4v) is 1.94. The average Bonchev–Trinajstić information content (AvgIpc) is 2.54. The van der Waals surface area contributed by atoms with Crippen LogP contribution >= 0.6 is 0 Å². The van der Waals surface area contributed by atoms with E-state index in [0.29, 0.717) is 12.4 Å². The van der Waals surface area contributed by atoms with Crippen molar-refractivity contribution in [1.29, 1.82) is 0 Å². The van der Waals surface area contributed by atoms with E-state index in [2.05, 4.69) is 6.92 Å². The molecule has 0 aliphatic heterocycles. The highest BCUT2D eigenvalue weighted by atomic mass is 19.4. The highest BCUT2D eigenvalue weighted by Crippen LogP contribution is 2.30. The van der Waals surface area contributed by atoms with Crippen LogP contribution in [-0.4, -0.2) is 0 Å². The number of hydrogen-bond acceptors (Lipinski definition) is 1. The van der Waals surface area contributed by atoms with Gasteiger partial charge in [-0.2, -0.15) is 13.2 Å². The minimum atomic E-state index is -4.31. The highest BCUT2D eigenvalue weighted by molar-refractivity contribution is 5.30. The summed E-state index contributed by atoms with van der Waals surface area (Å²) in [7, 11) is 0. The topological polar surface area (TPSA) is 9.23 Å². The van der Waals surface area contributed by atoms with Gasteiger partial charge in [-0.3, -0.25) is 0 Å². The molecular formula is C18H21F3O. The van der Waals surface area contributed by atoms with Gasteiger partial charge in [-0.25, -0.2) is 0 Å². The normalized spacial score (nSPS) is 10.6. The molecule has 0 bridgehead atoms. The minimum Gasteiger partial charge on any atom is -0.489 e. The quantitative estimate of drug-likeness (QED) is 0.686. The van der Waals surface area contributed by atoms with Gasteiger partial charge in [-0.05, 0) is 41.8 Å². The molecule has 1 nitrogen and oxygen atoms in total. The summed E-state index contributed by atoms with van der Waals surface area (Å²) >= 11 is 0. The molecule has 120 valence electrons. The Morgan fingerprint density at radius 3 is 1.91 bits per heavy atom. The molecule has 0 radical (unpaired) electrons. The number of benzene rings is 2. The summed E-state index contributed by atoms with van der Waals surface area (Å²) in [5.74, 6) is 0.434. The predicted molar refractivity (Wildman–Crippen MR) is 82.9 cm³/mol. The second-order valence-electron chi connectivity index (χ2n) is 4.43. The Labute approximate surface area is 129 Å². The molecule has 2 aromatic rings. The molecule has 2 aromatic carbocycles. The predicted octanol–water partition coefficient (Wildman–Crippen LogP) is 5.87. The third-order valence-electron chi connectivity index (χ3n) is 3.08. The lowest BCUT2D eigenvalue weighted by Crippen LogP contribution is -2.04. The SMILES string of the molecule is CC.CCc1ccccc1COc1ccc(C(F)(F)F)cc1. The van der Waals surface area contributed by atoms with E-state index in [1.807, 2.05) is 38.1 Å². The average molecular weight is 310 g/mol. The fourth-order valence-electron chi connectivity index (χ4n) is 1.94. The van der Waals surface area contributed by atoms with Crippen LogP contribution in [0.1, 0.15) is 37.5 Å². The van der Waals surface area contributed by atoms with Crippen LogP contribution in [0.5, 0.6) is 5.75 Å². The van der Waals surface area contributed by atoms with Gasteiger partial charge in [0.15, 0.2) is 0 Å². The van der Waals surface area contributed by atoms with Crippen LogP contribution in [-0.2, 0) is 19.2 Å². The molecule has 0 saturated heterocycles. The molecule has 0 unspecified atom stereocenters. The van der Waals surface area contributed by atoms with Crippen molar-refractivity contribution in [1.82, 2.24) is 0 Å². The Balaban J connectivity index is 0.00000116. The monoisotopic (exact) mass is 310 g/mol. The zero-order valence-electron chi connectivity index (χ0n) is 13.1. The molecular weight excluding hydrogens is 289 g/mol. The van der Waals surface area contributed by atoms with Gasteiger partial charge in [0.05, 0.1) is 5.56 Å². The van der Waals surface area contributed by atoms with Crippen LogP contribution in [0.25, 0.3) is 0 Å². The number of halogens is 3. The van der Waals surface area contributed by atoms with E-state index >= 15 is 0 Å². The molecule has 0 aliphatic carbocycles. The summed E-state index contributed by atoms with van der Waals surface area (Å²) in [5.41, 5.74) is 1.56. The number of alkyl halides is 3. The Bertz CT molecular complexity index is 559. The zero-order chi connectivity index (χ0) is 16.6. The smallest absolute Gasteiger partial charge is 0.416 e. The first kappa shape index (κ1) is 18.1. The third kappa shape index (κ3) is 5.10. The number of hydrogen-bond donors (Lipinski definition) is 0. The molecule has 0 amide bonds. The summed E-state index contributed by atoms with van der Waals surface area (Å²) < 4.78 is 42.8. The number of ether oxygens (including phenoxy) is 1. The second-order valence-corrected chi connectivity index (χ2v) is 4.43. The molecule has 2 rings (SSSR count). The first-order valence-corrected chi connectivity index (χ1v) is 7.37. The summed E-state index contributed by atoms with van der Waals surface area (Å²) in [4.78, 5) is 0. The Morgan fingerprint density at radius 2 is 1.41 bits per heavy atom. The van der Waals surface area contributed by atoms with Crippen molar-refractivity contribution in [2.45, 2.75) is 40.0 Å². The van der Waals surface area contributed by atoms with E-state index in [4.69, 9.17) is 4.74 Å². The molecule has 0 aromatic heterocycles. The van der Waals surface area contributed by atoms with Crippen LogP contribution in [0.15, 0.2) is 48.5 Å².